The number of H-pyrrole nitrogens is 1. The third-order valence-corrected chi connectivity index (χ3v) is 11.3. The van der Waals surface area contributed by atoms with E-state index in [9.17, 15) is 0 Å². The molecule has 0 aliphatic carbocycles. The van der Waals surface area contributed by atoms with E-state index in [2.05, 4.69) is 61.9 Å². The minimum Gasteiger partial charge on any atom is -0.362 e. The van der Waals surface area contributed by atoms with Gasteiger partial charge in [-0.05, 0) is 57.6 Å². The Morgan fingerprint density at radius 3 is 1.30 bits per heavy atom. The highest BCUT2D eigenvalue weighted by Gasteiger charge is 2.36. The van der Waals surface area contributed by atoms with Crippen molar-refractivity contribution in [3.63, 3.8) is 0 Å². The van der Waals surface area contributed by atoms with Gasteiger partial charge in [-0.25, -0.2) is 9.34 Å². The molecule has 37 heavy (non-hydrogen) atoms. The largest absolute Gasteiger partial charge is 0.362 e. The minimum absolute atomic E-state index is 0.786. The number of hydrogen-bond acceptors (Lipinski definition) is 1. The summed E-state index contributed by atoms with van der Waals surface area (Å²) in [7, 11) is -2.66. The number of unbranched alkanes of at least 4 members (excludes halogenated alkanes) is 12. The highest BCUT2D eigenvalue weighted by atomic mass is 31.2. The SMILES string of the molecule is CCCCCCN(CCCCCC)P(=O)(CCc1cc(C)[nH]c1C)N(CCCCCC)CCCCCC. The maximum atomic E-state index is 15.4. The highest BCUT2D eigenvalue weighted by Crippen LogP contribution is 2.54. The van der Waals surface area contributed by atoms with Crippen molar-refractivity contribution in [1.82, 2.24) is 14.3 Å². The van der Waals surface area contributed by atoms with Gasteiger partial charge < -0.3 is 4.98 Å². The average Bonchev–Trinajstić information content (AvgIpc) is 3.21. The van der Waals surface area contributed by atoms with Crippen molar-refractivity contribution < 1.29 is 4.57 Å². The molecule has 0 saturated carbocycles. The van der Waals surface area contributed by atoms with Gasteiger partial charge in [0.1, 0.15) is 0 Å². The monoisotopic (exact) mass is 537 g/mol. The van der Waals surface area contributed by atoms with Crippen molar-refractivity contribution in [1.29, 1.82) is 0 Å². The third kappa shape index (κ3) is 13.9. The lowest BCUT2D eigenvalue weighted by Gasteiger charge is -2.40. The van der Waals surface area contributed by atoms with Crippen LogP contribution in [0.2, 0.25) is 0 Å². The zero-order valence-corrected chi connectivity index (χ0v) is 26.8. The molecule has 0 radical (unpaired) electrons. The molecular weight excluding hydrogens is 473 g/mol. The summed E-state index contributed by atoms with van der Waals surface area (Å²) in [5.41, 5.74) is 3.82. The number of nitrogens with one attached hydrogen (secondary N) is 1. The molecule has 0 aliphatic rings. The first-order valence-electron chi connectivity index (χ1n) is 16.2. The second-order valence-electron chi connectivity index (χ2n) is 11.4. The molecule has 0 atom stereocenters. The Balaban J connectivity index is 3.21. The Morgan fingerprint density at radius 1 is 0.622 bits per heavy atom. The van der Waals surface area contributed by atoms with Crippen LogP contribution in [0.3, 0.4) is 0 Å². The predicted molar refractivity (Wildman–Crippen MR) is 166 cm³/mol. The summed E-state index contributed by atoms with van der Waals surface area (Å²) in [6.07, 6.45) is 21.6. The molecular formula is C32H64N3OP. The zero-order valence-electron chi connectivity index (χ0n) is 25.9. The summed E-state index contributed by atoms with van der Waals surface area (Å²) in [5, 5.41) is 0. The first-order chi connectivity index (χ1) is 17.9. The van der Waals surface area contributed by atoms with E-state index in [0.29, 0.717) is 0 Å². The Hall–Kier alpha value is -0.570. The lowest BCUT2D eigenvalue weighted by atomic mass is 10.2. The molecule has 1 rings (SSSR count). The van der Waals surface area contributed by atoms with Gasteiger partial charge in [0, 0.05) is 43.7 Å². The average molecular weight is 538 g/mol. The summed E-state index contributed by atoms with van der Waals surface area (Å²) in [4.78, 5) is 3.48. The van der Waals surface area contributed by atoms with Crippen LogP contribution in [0, 0.1) is 13.8 Å². The van der Waals surface area contributed by atoms with E-state index in [-0.39, 0.29) is 0 Å². The smallest absolute Gasteiger partial charge is 0.216 e. The second-order valence-corrected chi connectivity index (χ2v) is 14.3. The Morgan fingerprint density at radius 2 is 1.00 bits per heavy atom. The van der Waals surface area contributed by atoms with Crippen LogP contribution in [0.5, 0.6) is 0 Å². The first kappa shape index (κ1) is 34.5. The molecule has 1 N–H and O–H groups in total. The molecule has 1 heterocycles. The molecule has 5 heteroatoms. The first-order valence-corrected chi connectivity index (χ1v) is 18.0. The van der Waals surface area contributed by atoms with Gasteiger partial charge in [-0.2, -0.15) is 0 Å². The number of hydrogen-bond donors (Lipinski definition) is 1. The summed E-state index contributed by atoms with van der Waals surface area (Å²) in [5.74, 6) is 0. The summed E-state index contributed by atoms with van der Waals surface area (Å²) in [6, 6.07) is 2.28. The van der Waals surface area contributed by atoms with Gasteiger partial charge in [-0.1, -0.05) is 105 Å². The van der Waals surface area contributed by atoms with Gasteiger partial charge in [0.05, 0.1) is 0 Å². The van der Waals surface area contributed by atoms with Gasteiger partial charge in [0.15, 0.2) is 0 Å². The van der Waals surface area contributed by atoms with Crippen LogP contribution in [-0.4, -0.2) is 46.7 Å². The van der Waals surface area contributed by atoms with E-state index < -0.39 is 7.44 Å². The van der Waals surface area contributed by atoms with Crippen molar-refractivity contribution in [3.05, 3.63) is 23.0 Å². The lowest BCUT2D eigenvalue weighted by molar-refractivity contribution is 0.310. The third-order valence-electron chi connectivity index (χ3n) is 7.89. The highest BCUT2D eigenvalue weighted by molar-refractivity contribution is 7.59. The van der Waals surface area contributed by atoms with E-state index in [4.69, 9.17) is 0 Å². The van der Waals surface area contributed by atoms with E-state index >= 15 is 4.57 Å². The number of rotatable bonds is 25. The standard InChI is InChI=1S/C32H64N3OP/c1-7-11-15-19-24-34(25-20-16-12-8-2)37(36,28-23-32-29-30(5)33-31(32)6)35(26-21-17-13-9-3)27-22-18-14-10-4/h29,33H,7-28H2,1-6H3. The van der Waals surface area contributed by atoms with E-state index in [1.165, 1.54) is 120 Å². The van der Waals surface area contributed by atoms with Crippen LogP contribution >= 0.6 is 7.44 Å². The maximum absolute atomic E-state index is 15.4. The van der Waals surface area contributed by atoms with Crippen molar-refractivity contribution in [2.75, 3.05) is 32.3 Å². The molecule has 0 unspecified atom stereocenters. The fourth-order valence-electron chi connectivity index (χ4n) is 5.50. The van der Waals surface area contributed by atoms with Gasteiger partial charge in [0.25, 0.3) is 0 Å². The van der Waals surface area contributed by atoms with Gasteiger partial charge in [-0.15, -0.1) is 0 Å². The Labute approximate surface area is 232 Å². The van der Waals surface area contributed by atoms with Crippen molar-refractivity contribution >= 4 is 7.44 Å². The van der Waals surface area contributed by atoms with Gasteiger partial charge in [0.2, 0.25) is 7.44 Å². The lowest BCUT2D eigenvalue weighted by Crippen LogP contribution is -2.36. The molecule has 4 nitrogen and oxygen atoms in total. The number of aromatic amines is 1. The van der Waals surface area contributed by atoms with E-state index in [1.807, 2.05) is 0 Å². The number of nitrogens with zero attached hydrogens (tertiary/aromatic N) is 2. The fraction of sp³-hybridized carbons (Fsp3) is 0.875. The molecule has 1 aromatic rings. The molecule has 0 aromatic carbocycles. The fourth-order valence-corrected chi connectivity index (χ4v) is 8.77. The van der Waals surface area contributed by atoms with E-state index in [1.54, 1.807) is 0 Å². The van der Waals surface area contributed by atoms with E-state index in [0.717, 1.165) is 38.8 Å². The Bertz CT molecular complexity index is 661. The molecule has 0 bridgehead atoms. The topological polar surface area (TPSA) is 39.3 Å². The number of aromatic nitrogens is 1. The zero-order chi connectivity index (χ0) is 27.4. The van der Waals surface area contributed by atoms with Crippen molar-refractivity contribution in [3.8, 4) is 0 Å². The van der Waals surface area contributed by atoms with Gasteiger partial charge >= 0.3 is 0 Å². The minimum atomic E-state index is -2.66. The van der Waals surface area contributed by atoms with Crippen LogP contribution in [0.25, 0.3) is 0 Å². The van der Waals surface area contributed by atoms with Crippen LogP contribution in [-0.2, 0) is 11.0 Å². The number of aryl methyl sites for hydroxylation is 3. The van der Waals surface area contributed by atoms with Crippen LogP contribution in [0.1, 0.15) is 147 Å². The van der Waals surface area contributed by atoms with Gasteiger partial charge in [-0.3, -0.25) is 4.57 Å². The van der Waals surface area contributed by atoms with Crippen molar-refractivity contribution in [2.45, 2.75) is 151 Å². The molecule has 0 amide bonds. The summed E-state index contributed by atoms with van der Waals surface area (Å²) in [6.45, 7) is 17.4. The molecule has 1 aromatic heterocycles. The Kier molecular flexibility index (Phi) is 19.8. The molecule has 218 valence electrons. The summed E-state index contributed by atoms with van der Waals surface area (Å²) >= 11 is 0. The molecule has 0 aliphatic heterocycles. The summed E-state index contributed by atoms with van der Waals surface area (Å²) < 4.78 is 20.4. The molecule has 0 saturated heterocycles. The molecule has 0 spiro atoms. The van der Waals surface area contributed by atoms with Crippen LogP contribution < -0.4 is 0 Å². The molecule has 0 fully saturated rings. The van der Waals surface area contributed by atoms with Crippen molar-refractivity contribution in [2.24, 2.45) is 0 Å². The van der Waals surface area contributed by atoms with Crippen LogP contribution in [0.15, 0.2) is 6.07 Å². The van der Waals surface area contributed by atoms with Crippen LogP contribution in [0.4, 0.5) is 0 Å². The maximum Gasteiger partial charge on any atom is 0.216 e. The second kappa shape index (κ2) is 21.3. The normalized spacial score (nSPS) is 12.3. The predicted octanol–water partition coefficient (Wildman–Crippen LogP) is 10.3. The quantitative estimate of drug-likeness (QED) is 0.0996.